The molecule has 0 radical (unpaired) electrons. The summed E-state index contributed by atoms with van der Waals surface area (Å²) in [7, 11) is 0. The van der Waals surface area contributed by atoms with Crippen molar-refractivity contribution in [2.75, 3.05) is 5.32 Å². The van der Waals surface area contributed by atoms with Crippen LogP contribution in [0.25, 0.3) is 22.0 Å². The van der Waals surface area contributed by atoms with E-state index in [0.29, 0.717) is 0 Å². The third-order valence-electron chi connectivity index (χ3n) is 3.85. The second kappa shape index (κ2) is 5.93. The molecule has 0 bridgehead atoms. The van der Waals surface area contributed by atoms with E-state index < -0.39 is 0 Å². The van der Waals surface area contributed by atoms with E-state index >= 15 is 0 Å². The van der Waals surface area contributed by atoms with E-state index in [4.69, 9.17) is 0 Å². The van der Waals surface area contributed by atoms with Crippen LogP contribution in [0.4, 0.5) is 5.69 Å². The number of fused-ring (bicyclic) bond motifs is 1. The van der Waals surface area contributed by atoms with Crippen LogP contribution in [0.2, 0.25) is 0 Å². The quantitative estimate of drug-likeness (QED) is 0.593. The normalized spacial score (nSPS) is 10.8. The molecule has 0 aliphatic rings. The zero-order chi connectivity index (χ0) is 15.5. The zero-order valence-corrected chi connectivity index (χ0v) is 12.5. The van der Waals surface area contributed by atoms with Crippen molar-refractivity contribution in [3.8, 4) is 11.1 Å². The SMILES string of the molecule is c1ccc(CNc2cncc(-c3ccc4[nH]ncc4c3)c2)cc1. The standard InChI is InChI=1S/C19H16N4/c1-2-4-14(5-3-1)10-21-18-9-16(11-20-13-18)15-6-7-19-17(8-15)12-22-23-19/h1-9,11-13,21H,10H2,(H,22,23). The van der Waals surface area contributed by atoms with Crippen LogP contribution >= 0.6 is 0 Å². The number of hydrogen-bond acceptors (Lipinski definition) is 3. The lowest BCUT2D eigenvalue weighted by Gasteiger charge is -2.08. The summed E-state index contributed by atoms with van der Waals surface area (Å²) in [6.45, 7) is 0.784. The van der Waals surface area contributed by atoms with Crippen molar-refractivity contribution < 1.29 is 0 Å². The van der Waals surface area contributed by atoms with Gasteiger partial charge in [-0.3, -0.25) is 10.1 Å². The molecule has 2 N–H and O–H groups in total. The maximum atomic E-state index is 4.36. The van der Waals surface area contributed by atoms with E-state index in [9.17, 15) is 0 Å². The maximum Gasteiger partial charge on any atom is 0.0650 e. The van der Waals surface area contributed by atoms with Gasteiger partial charge in [0.2, 0.25) is 0 Å². The third kappa shape index (κ3) is 2.92. The Balaban J connectivity index is 1.58. The Morgan fingerprint density at radius 3 is 2.70 bits per heavy atom. The van der Waals surface area contributed by atoms with Gasteiger partial charge in [0.05, 0.1) is 17.4 Å². The molecule has 2 aromatic heterocycles. The lowest BCUT2D eigenvalue weighted by molar-refractivity contribution is 1.12. The summed E-state index contributed by atoms with van der Waals surface area (Å²) in [6, 6.07) is 18.7. The van der Waals surface area contributed by atoms with Crippen molar-refractivity contribution in [3.63, 3.8) is 0 Å². The van der Waals surface area contributed by atoms with E-state index in [1.165, 1.54) is 5.56 Å². The van der Waals surface area contributed by atoms with Crippen molar-refractivity contribution in [3.05, 3.63) is 78.8 Å². The first-order valence-corrected chi connectivity index (χ1v) is 7.55. The van der Waals surface area contributed by atoms with E-state index in [1.807, 2.05) is 42.9 Å². The van der Waals surface area contributed by atoms with Gasteiger partial charge in [-0.2, -0.15) is 5.10 Å². The molecule has 4 heteroatoms. The maximum absolute atomic E-state index is 4.36. The molecule has 0 aliphatic heterocycles. The van der Waals surface area contributed by atoms with Crippen LogP contribution in [0.5, 0.6) is 0 Å². The largest absolute Gasteiger partial charge is 0.380 e. The highest BCUT2D eigenvalue weighted by molar-refractivity contribution is 5.84. The molecule has 0 amide bonds. The van der Waals surface area contributed by atoms with Crippen molar-refractivity contribution >= 4 is 16.6 Å². The van der Waals surface area contributed by atoms with Crippen LogP contribution < -0.4 is 5.32 Å². The number of pyridine rings is 1. The van der Waals surface area contributed by atoms with Gasteiger partial charge < -0.3 is 5.32 Å². The number of hydrogen-bond donors (Lipinski definition) is 2. The smallest absolute Gasteiger partial charge is 0.0650 e. The summed E-state index contributed by atoms with van der Waals surface area (Å²) in [5.74, 6) is 0. The first-order chi connectivity index (χ1) is 11.4. The molecule has 2 heterocycles. The molecule has 4 rings (SSSR count). The molecule has 0 saturated heterocycles. The summed E-state index contributed by atoms with van der Waals surface area (Å²) in [5.41, 5.74) is 5.53. The van der Waals surface area contributed by atoms with Gasteiger partial charge in [-0.1, -0.05) is 36.4 Å². The molecule has 0 spiro atoms. The highest BCUT2D eigenvalue weighted by Gasteiger charge is 2.03. The fourth-order valence-corrected chi connectivity index (χ4v) is 2.62. The molecule has 0 unspecified atom stereocenters. The summed E-state index contributed by atoms with van der Waals surface area (Å²) in [5, 5.41) is 11.6. The number of aromatic amines is 1. The lowest BCUT2D eigenvalue weighted by atomic mass is 10.1. The highest BCUT2D eigenvalue weighted by atomic mass is 15.1. The van der Waals surface area contributed by atoms with Gasteiger partial charge in [0.25, 0.3) is 0 Å². The minimum atomic E-state index is 0.784. The third-order valence-corrected chi connectivity index (χ3v) is 3.85. The van der Waals surface area contributed by atoms with E-state index in [0.717, 1.165) is 34.3 Å². The Kier molecular flexibility index (Phi) is 3.48. The fourth-order valence-electron chi connectivity index (χ4n) is 2.62. The lowest BCUT2D eigenvalue weighted by Crippen LogP contribution is -1.99. The van der Waals surface area contributed by atoms with Gasteiger partial charge in [0.15, 0.2) is 0 Å². The predicted octanol–water partition coefficient (Wildman–Crippen LogP) is 4.24. The molecule has 0 fully saturated rings. The first kappa shape index (κ1) is 13.5. The van der Waals surface area contributed by atoms with Crippen molar-refractivity contribution in [1.29, 1.82) is 0 Å². The molecule has 0 atom stereocenters. The summed E-state index contributed by atoms with van der Waals surface area (Å²) in [6.07, 6.45) is 5.57. The van der Waals surface area contributed by atoms with E-state index in [2.05, 4.69) is 50.8 Å². The van der Waals surface area contributed by atoms with Crippen molar-refractivity contribution in [2.45, 2.75) is 6.54 Å². The second-order valence-corrected chi connectivity index (χ2v) is 5.47. The molecule has 0 saturated carbocycles. The summed E-state index contributed by atoms with van der Waals surface area (Å²) < 4.78 is 0. The Morgan fingerprint density at radius 1 is 0.870 bits per heavy atom. The molecular weight excluding hydrogens is 284 g/mol. The first-order valence-electron chi connectivity index (χ1n) is 7.55. The Morgan fingerprint density at radius 2 is 1.78 bits per heavy atom. The van der Waals surface area contributed by atoms with Crippen LogP contribution in [0, 0.1) is 0 Å². The van der Waals surface area contributed by atoms with Crippen LogP contribution in [-0.2, 0) is 6.54 Å². The van der Waals surface area contributed by atoms with Gasteiger partial charge in [-0.15, -0.1) is 0 Å². The Hall–Kier alpha value is -3.14. The van der Waals surface area contributed by atoms with Gasteiger partial charge >= 0.3 is 0 Å². The average Bonchev–Trinajstić information content (AvgIpc) is 3.09. The molecule has 0 aliphatic carbocycles. The van der Waals surface area contributed by atoms with Gasteiger partial charge in [-0.05, 0) is 29.3 Å². The second-order valence-electron chi connectivity index (χ2n) is 5.47. The average molecular weight is 300 g/mol. The number of nitrogens with one attached hydrogen (secondary N) is 2. The van der Waals surface area contributed by atoms with Crippen molar-refractivity contribution in [2.24, 2.45) is 0 Å². The van der Waals surface area contributed by atoms with Crippen molar-refractivity contribution in [1.82, 2.24) is 15.2 Å². The number of nitrogens with zero attached hydrogens (tertiary/aromatic N) is 2. The number of rotatable bonds is 4. The molecule has 112 valence electrons. The monoisotopic (exact) mass is 300 g/mol. The topological polar surface area (TPSA) is 53.6 Å². The summed E-state index contributed by atoms with van der Waals surface area (Å²) >= 11 is 0. The van der Waals surface area contributed by atoms with Gasteiger partial charge in [-0.25, -0.2) is 0 Å². The predicted molar refractivity (Wildman–Crippen MR) is 93.1 cm³/mol. The van der Waals surface area contributed by atoms with Crippen LogP contribution in [-0.4, -0.2) is 15.2 Å². The molecule has 23 heavy (non-hydrogen) atoms. The van der Waals surface area contributed by atoms with Gasteiger partial charge in [0, 0.05) is 29.9 Å². The number of anilines is 1. The number of benzene rings is 2. The number of aromatic nitrogens is 3. The minimum absolute atomic E-state index is 0.784. The molecule has 2 aromatic carbocycles. The Labute approximate surface area is 134 Å². The molecule has 4 nitrogen and oxygen atoms in total. The highest BCUT2D eigenvalue weighted by Crippen LogP contribution is 2.25. The zero-order valence-electron chi connectivity index (χ0n) is 12.5. The van der Waals surface area contributed by atoms with Crippen LogP contribution in [0.15, 0.2) is 73.2 Å². The molecule has 4 aromatic rings. The van der Waals surface area contributed by atoms with E-state index in [-0.39, 0.29) is 0 Å². The fraction of sp³-hybridized carbons (Fsp3) is 0.0526. The van der Waals surface area contributed by atoms with E-state index in [1.54, 1.807) is 0 Å². The van der Waals surface area contributed by atoms with Crippen LogP contribution in [0.1, 0.15) is 5.56 Å². The summed E-state index contributed by atoms with van der Waals surface area (Å²) in [4.78, 5) is 4.36. The van der Waals surface area contributed by atoms with Crippen LogP contribution in [0.3, 0.4) is 0 Å². The van der Waals surface area contributed by atoms with Gasteiger partial charge in [0.1, 0.15) is 0 Å². The minimum Gasteiger partial charge on any atom is -0.380 e. The number of H-pyrrole nitrogens is 1. The Bertz CT molecular complexity index is 928. The molecular formula is C19H16N4.